The molecule has 0 aromatic carbocycles. The van der Waals surface area contributed by atoms with Crippen LogP contribution in [-0.2, 0) is 26.0 Å². The summed E-state index contributed by atoms with van der Waals surface area (Å²) in [6, 6.07) is 3.90. The molecule has 18 heavy (non-hydrogen) atoms. The van der Waals surface area contributed by atoms with Crippen LogP contribution < -0.4 is 4.72 Å². The molecule has 0 aliphatic rings. The van der Waals surface area contributed by atoms with Gasteiger partial charge in [0, 0.05) is 17.8 Å². The van der Waals surface area contributed by atoms with Crippen LogP contribution >= 0.6 is 11.3 Å². The summed E-state index contributed by atoms with van der Waals surface area (Å²) >= 11 is 1.60. The molecule has 0 aliphatic heterocycles. The molecule has 1 rings (SSSR count). The van der Waals surface area contributed by atoms with Crippen molar-refractivity contribution >= 4 is 27.3 Å². The Morgan fingerprint density at radius 3 is 2.89 bits per heavy atom. The lowest BCUT2D eigenvalue weighted by molar-refractivity contribution is -0.140. The summed E-state index contributed by atoms with van der Waals surface area (Å²) in [7, 11) is -2.00. The number of sulfonamides is 1. The molecule has 1 aromatic rings. The van der Waals surface area contributed by atoms with Gasteiger partial charge in [0.15, 0.2) is 0 Å². The number of thiophene rings is 1. The van der Waals surface area contributed by atoms with Gasteiger partial charge in [0.25, 0.3) is 0 Å². The second-order valence-electron chi connectivity index (χ2n) is 3.72. The van der Waals surface area contributed by atoms with Gasteiger partial charge in [-0.3, -0.25) is 4.79 Å². The Hall–Kier alpha value is -0.920. The molecule has 0 saturated heterocycles. The van der Waals surface area contributed by atoms with Crippen molar-refractivity contribution in [3.63, 3.8) is 0 Å². The third-order valence-corrected chi connectivity index (χ3v) is 4.70. The largest absolute Gasteiger partial charge is 0.469 e. The van der Waals surface area contributed by atoms with E-state index in [1.807, 2.05) is 17.5 Å². The predicted octanol–water partition coefficient (Wildman–Crippen LogP) is 1.16. The van der Waals surface area contributed by atoms with Crippen molar-refractivity contribution in [2.75, 3.05) is 19.4 Å². The molecule has 0 amide bonds. The van der Waals surface area contributed by atoms with E-state index in [0.717, 1.165) is 4.88 Å². The van der Waals surface area contributed by atoms with Crippen molar-refractivity contribution in [3.8, 4) is 0 Å². The van der Waals surface area contributed by atoms with E-state index in [1.165, 1.54) is 7.11 Å². The topological polar surface area (TPSA) is 72.5 Å². The number of nitrogens with one attached hydrogen (secondary N) is 1. The molecular weight excluding hydrogens is 274 g/mol. The SMILES string of the molecule is COC(=O)CCCS(=O)(=O)NCCc1cccs1. The van der Waals surface area contributed by atoms with Gasteiger partial charge in [0.1, 0.15) is 0 Å². The zero-order chi connectivity index (χ0) is 13.4. The third kappa shape index (κ3) is 6.13. The van der Waals surface area contributed by atoms with Crippen molar-refractivity contribution < 1.29 is 17.9 Å². The zero-order valence-corrected chi connectivity index (χ0v) is 11.9. The van der Waals surface area contributed by atoms with Crippen LogP contribution in [-0.4, -0.2) is 33.8 Å². The molecule has 102 valence electrons. The first-order valence-corrected chi connectivity index (χ1v) is 8.13. The van der Waals surface area contributed by atoms with Crippen LogP contribution in [0, 0.1) is 0 Å². The van der Waals surface area contributed by atoms with Gasteiger partial charge in [0.2, 0.25) is 10.0 Å². The number of esters is 1. The molecule has 0 bridgehead atoms. The number of carbonyl (C=O) groups excluding carboxylic acids is 1. The van der Waals surface area contributed by atoms with Gasteiger partial charge in [-0.25, -0.2) is 13.1 Å². The summed E-state index contributed by atoms with van der Waals surface area (Å²) in [5.74, 6) is -0.434. The Kier molecular flexibility index (Phi) is 6.31. The molecule has 5 nitrogen and oxygen atoms in total. The van der Waals surface area contributed by atoms with Crippen LogP contribution in [0.2, 0.25) is 0 Å². The van der Waals surface area contributed by atoms with Crippen molar-refractivity contribution in [3.05, 3.63) is 22.4 Å². The van der Waals surface area contributed by atoms with E-state index in [2.05, 4.69) is 9.46 Å². The quantitative estimate of drug-likeness (QED) is 0.730. The summed E-state index contributed by atoms with van der Waals surface area (Å²) < 4.78 is 30.1. The fourth-order valence-corrected chi connectivity index (χ4v) is 3.16. The maximum absolute atomic E-state index is 11.6. The minimum Gasteiger partial charge on any atom is -0.469 e. The minimum atomic E-state index is -3.29. The van der Waals surface area contributed by atoms with Crippen LogP contribution in [0.1, 0.15) is 17.7 Å². The minimum absolute atomic E-state index is 0.0491. The maximum atomic E-state index is 11.6. The number of ether oxygens (including phenoxy) is 1. The molecule has 0 radical (unpaired) electrons. The number of carbonyl (C=O) groups is 1. The number of methoxy groups -OCH3 is 1. The number of hydrogen-bond acceptors (Lipinski definition) is 5. The predicted molar refractivity (Wildman–Crippen MR) is 71.1 cm³/mol. The molecule has 1 aromatic heterocycles. The molecule has 0 unspecified atom stereocenters. The maximum Gasteiger partial charge on any atom is 0.305 e. The summed E-state index contributed by atoms with van der Waals surface area (Å²) in [6.45, 7) is 0.390. The Balaban J connectivity index is 2.21. The van der Waals surface area contributed by atoms with Crippen molar-refractivity contribution in [2.24, 2.45) is 0 Å². The molecule has 1 N–H and O–H groups in total. The van der Waals surface area contributed by atoms with Gasteiger partial charge in [-0.2, -0.15) is 0 Å². The summed E-state index contributed by atoms with van der Waals surface area (Å²) in [6.07, 6.45) is 1.09. The van der Waals surface area contributed by atoms with Crippen LogP contribution in [0.5, 0.6) is 0 Å². The van der Waals surface area contributed by atoms with Gasteiger partial charge in [-0.1, -0.05) is 6.07 Å². The lowest BCUT2D eigenvalue weighted by Gasteiger charge is -2.05. The number of hydrogen-bond donors (Lipinski definition) is 1. The van der Waals surface area contributed by atoms with Gasteiger partial charge < -0.3 is 4.74 Å². The van der Waals surface area contributed by atoms with E-state index in [-0.39, 0.29) is 24.6 Å². The lowest BCUT2D eigenvalue weighted by Crippen LogP contribution is -2.28. The van der Waals surface area contributed by atoms with Gasteiger partial charge in [-0.05, 0) is 24.3 Å². The molecule has 0 atom stereocenters. The molecule has 0 spiro atoms. The molecule has 1 heterocycles. The fourth-order valence-electron chi connectivity index (χ4n) is 1.37. The molecule has 0 aliphatic carbocycles. The first-order valence-electron chi connectivity index (χ1n) is 5.60. The van der Waals surface area contributed by atoms with Crippen LogP contribution in [0.15, 0.2) is 17.5 Å². The normalized spacial score (nSPS) is 11.4. The summed E-state index contributed by atoms with van der Waals surface area (Å²) in [4.78, 5) is 12.0. The van der Waals surface area contributed by atoms with E-state index < -0.39 is 10.0 Å². The summed E-state index contributed by atoms with van der Waals surface area (Å²) in [5, 5.41) is 1.96. The second-order valence-corrected chi connectivity index (χ2v) is 6.68. The Morgan fingerprint density at radius 1 is 1.50 bits per heavy atom. The average molecular weight is 291 g/mol. The highest BCUT2D eigenvalue weighted by Gasteiger charge is 2.11. The number of rotatable bonds is 8. The van der Waals surface area contributed by atoms with Gasteiger partial charge in [-0.15, -0.1) is 11.3 Å². The molecular formula is C11H17NO4S2. The van der Waals surface area contributed by atoms with Crippen LogP contribution in [0.25, 0.3) is 0 Å². The fraction of sp³-hybridized carbons (Fsp3) is 0.545. The van der Waals surface area contributed by atoms with Gasteiger partial charge in [0.05, 0.1) is 12.9 Å². The average Bonchev–Trinajstić information content (AvgIpc) is 2.81. The van der Waals surface area contributed by atoms with Crippen molar-refractivity contribution in [1.29, 1.82) is 0 Å². The van der Waals surface area contributed by atoms with E-state index in [9.17, 15) is 13.2 Å². The first-order chi connectivity index (χ1) is 8.53. The second kappa shape index (κ2) is 7.50. The molecule has 0 saturated carbocycles. The molecule has 0 fully saturated rings. The van der Waals surface area contributed by atoms with Crippen molar-refractivity contribution in [2.45, 2.75) is 19.3 Å². The monoisotopic (exact) mass is 291 g/mol. The highest BCUT2D eigenvalue weighted by molar-refractivity contribution is 7.89. The van der Waals surface area contributed by atoms with E-state index in [4.69, 9.17) is 0 Å². The Morgan fingerprint density at radius 2 is 2.28 bits per heavy atom. The van der Waals surface area contributed by atoms with E-state index in [0.29, 0.717) is 13.0 Å². The first kappa shape index (κ1) is 15.1. The molecule has 7 heteroatoms. The van der Waals surface area contributed by atoms with E-state index in [1.54, 1.807) is 11.3 Å². The third-order valence-electron chi connectivity index (χ3n) is 2.30. The highest BCUT2D eigenvalue weighted by atomic mass is 32.2. The van der Waals surface area contributed by atoms with E-state index >= 15 is 0 Å². The summed E-state index contributed by atoms with van der Waals surface area (Å²) in [5.41, 5.74) is 0. The standard InChI is InChI=1S/C11H17NO4S2/c1-16-11(13)5-3-9-18(14,15)12-7-6-10-4-2-8-17-10/h2,4,8,12H,3,5-7,9H2,1H3. The smallest absolute Gasteiger partial charge is 0.305 e. The van der Waals surface area contributed by atoms with Crippen LogP contribution in [0.4, 0.5) is 0 Å². The highest BCUT2D eigenvalue weighted by Crippen LogP contribution is 2.08. The Bertz CT molecular complexity index is 453. The van der Waals surface area contributed by atoms with Crippen LogP contribution in [0.3, 0.4) is 0 Å². The zero-order valence-electron chi connectivity index (χ0n) is 10.2. The Labute approximate surface area is 111 Å². The lowest BCUT2D eigenvalue weighted by atomic mass is 10.3. The van der Waals surface area contributed by atoms with Crippen molar-refractivity contribution in [1.82, 2.24) is 4.72 Å². The van der Waals surface area contributed by atoms with Gasteiger partial charge >= 0.3 is 5.97 Å².